The van der Waals surface area contributed by atoms with Crippen LogP contribution < -0.4 is 0 Å². The molecule has 0 atom stereocenters. The molecular formula is C11H19NO2. The highest BCUT2D eigenvalue weighted by atomic mass is 16.5. The summed E-state index contributed by atoms with van der Waals surface area (Å²) < 4.78 is 4.76. The zero-order chi connectivity index (χ0) is 9.97. The van der Waals surface area contributed by atoms with Crippen molar-refractivity contribution < 1.29 is 9.53 Å². The van der Waals surface area contributed by atoms with Crippen LogP contribution in [0.5, 0.6) is 0 Å². The highest BCUT2D eigenvalue weighted by Gasteiger charge is 2.29. The monoisotopic (exact) mass is 197 g/mol. The van der Waals surface area contributed by atoms with Crippen molar-refractivity contribution in [3.05, 3.63) is 0 Å². The average Bonchev–Trinajstić information content (AvgIpc) is 3.02. The van der Waals surface area contributed by atoms with Crippen LogP contribution in [-0.2, 0) is 9.53 Å². The molecule has 1 saturated heterocycles. The minimum atomic E-state index is -0.0175. The standard InChI is InChI=1S/C11H19NO2/c1-14-11(13)10-4-6-12(7-5-10)8-9-2-3-9/h9-10H,2-8H2,1H3. The van der Waals surface area contributed by atoms with E-state index in [1.807, 2.05) is 0 Å². The Morgan fingerprint density at radius 2 is 1.93 bits per heavy atom. The summed E-state index contributed by atoms with van der Waals surface area (Å²) in [6.45, 7) is 3.42. The quantitative estimate of drug-likeness (QED) is 0.638. The van der Waals surface area contributed by atoms with Crippen molar-refractivity contribution in [1.29, 1.82) is 0 Å². The fraction of sp³-hybridized carbons (Fsp3) is 0.909. The first-order valence-corrected chi connectivity index (χ1v) is 5.60. The van der Waals surface area contributed by atoms with E-state index in [2.05, 4.69) is 4.90 Å². The summed E-state index contributed by atoms with van der Waals surface area (Å²) in [5, 5.41) is 0. The Bertz CT molecular complexity index is 205. The van der Waals surface area contributed by atoms with E-state index >= 15 is 0 Å². The largest absolute Gasteiger partial charge is 0.469 e. The molecule has 0 unspecified atom stereocenters. The molecule has 2 aliphatic rings. The molecule has 1 saturated carbocycles. The third kappa shape index (κ3) is 2.47. The first-order chi connectivity index (χ1) is 6.79. The van der Waals surface area contributed by atoms with Gasteiger partial charge >= 0.3 is 5.97 Å². The van der Waals surface area contributed by atoms with Crippen LogP contribution in [0, 0.1) is 11.8 Å². The van der Waals surface area contributed by atoms with Gasteiger partial charge in [-0.1, -0.05) is 0 Å². The topological polar surface area (TPSA) is 29.5 Å². The van der Waals surface area contributed by atoms with Gasteiger partial charge in [-0.2, -0.15) is 0 Å². The lowest BCUT2D eigenvalue weighted by molar-refractivity contribution is -0.147. The van der Waals surface area contributed by atoms with E-state index in [9.17, 15) is 4.79 Å². The van der Waals surface area contributed by atoms with Gasteiger partial charge in [-0.05, 0) is 44.7 Å². The third-order valence-electron chi connectivity index (χ3n) is 3.34. The lowest BCUT2D eigenvalue weighted by Crippen LogP contribution is -2.37. The zero-order valence-corrected chi connectivity index (χ0v) is 8.87. The normalized spacial score (nSPS) is 24.9. The molecule has 0 radical (unpaired) electrons. The number of hydrogen-bond acceptors (Lipinski definition) is 3. The van der Waals surface area contributed by atoms with Gasteiger partial charge in [0.1, 0.15) is 0 Å². The molecule has 0 bridgehead atoms. The van der Waals surface area contributed by atoms with Crippen LogP contribution in [-0.4, -0.2) is 37.6 Å². The van der Waals surface area contributed by atoms with Gasteiger partial charge < -0.3 is 9.64 Å². The van der Waals surface area contributed by atoms with E-state index < -0.39 is 0 Å². The summed E-state index contributed by atoms with van der Waals surface area (Å²) in [6.07, 6.45) is 4.80. The second kappa shape index (κ2) is 4.30. The molecule has 0 aromatic rings. The first-order valence-electron chi connectivity index (χ1n) is 5.60. The van der Waals surface area contributed by atoms with Gasteiger partial charge in [0.25, 0.3) is 0 Å². The van der Waals surface area contributed by atoms with Crippen LogP contribution in [0.1, 0.15) is 25.7 Å². The fourth-order valence-electron chi connectivity index (χ4n) is 2.18. The molecule has 0 spiro atoms. The molecule has 2 fully saturated rings. The SMILES string of the molecule is COC(=O)C1CCN(CC2CC2)CC1. The number of carbonyl (C=O) groups is 1. The van der Waals surface area contributed by atoms with Crippen molar-refractivity contribution >= 4 is 5.97 Å². The summed E-state index contributed by atoms with van der Waals surface area (Å²) in [7, 11) is 1.49. The molecule has 3 heteroatoms. The van der Waals surface area contributed by atoms with E-state index in [1.165, 1.54) is 26.5 Å². The van der Waals surface area contributed by atoms with Crippen LogP contribution in [0.25, 0.3) is 0 Å². The molecule has 14 heavy (non-hydrogen) atoms. The minimum absolute atomic E-state index is 0.0175. The van der Waals surface area contributed by atoms with Crippen LogP contribution in [0.4, 0.5) is 0 Å². The smallest absolute Gasteiger partial charge is 0.308 e. The van der Waals surface area contributed by atoms with Crippen molar-refractivity contribution in [2.45, 2.75) is 25.7 Å². The van der Waals surface area contributed by atoms with E-state index in [4.69, 9.17) is 4.74 Å². The highest BCUT2D eigenvalue weighted by Crippen LogP contribution is 2.31. The Hall–Kier alpha value is -0.570. The average molecular weight is 197 g/mol. The fourth-order valence-corrected chi connectivity index (χ4v) is 2.18. The van der Waals surface area contributed by atoms with Gasteiger partial charge in [-0.15, -0.1) is 0 Å². The number of rotatable bonds is 3. The minimum Gasteiger partial charge on any atom is -0.469 e. The van der Waals surface area contributed by atoms with Gasteiger partial charge in [-0.3, -0.25) is 4.79 Å². The summed E-state index contributed by atoms with van der Waals surface area (Å²) in [5.41, 5.74) is 0. The zero-order valence-electron chi connectivity index (χ0n) is 8.87. The number of esters is 1. The number of methoxy groups -OCH3 is 1. The number of carbonyl (C=O) groups excluding carboxylic acids is 1. The lowest BCUT2D eigenvalue weighted by atomic mass is 9.97. The molecule has 0 amide bonds. The Balaban J connectivity index is 1.71. The number of ether oxygens (including phenoxy) is 1. The van der Waals surface area contributed by atoms with E-state index in [-0.39, 0.29) is 11.9 Å². The molecule has 1 heterocycles. The predicted octanol–water partition coefficient (Wildman–Crippen LogP) is 1.28. The maximum atomic E-state index is 11.3. The van der Waals surface area contributed by atoms with Crippen molar-refractivity contribution in [3.63, 3.8) is 0 Å². The second-order valence-electron chi connectivity index (χ2n) is 4.54. The van der Waals surface area contributed by atoms with Crippen molar-refractivity contribution in [2.75, 3.05) is 26.7 Å². The Labute approximate surface area is 85.4 Å². The second-order valence-corrected chi connectivity index (χ2v) is 4.54. The molecule has 80 valence electrons. The Morgan fingerprint density at radius 1 is 1.29 bits per heavy atom. The molecule has 3 nitrogen and oxygen atoms in total. The maximum Gasteiger partial charge on any atom is 0.308 e. The van der Waals surface area contributed by atoms with Crippen molar-refractivity contribution in [1.82, 2.24) is 4.90 Å². The third-order valence-corrected chi connectivity index (χ3v) is 3.34. The molecule has 1 aliphatic carbocycles. The first kappa shape index (κ1) is 9.97. The summed E-state index contributed by atoms with van der Waals surface area (Å²) in [4.78, 5) is 13.8. The number of hydrogen-bond donors (Lipinski definition) is 0. The molecule has 2 rings (SSSR count). The highest BCUT2D eigenvalue weighted by molar-refractivity contribution is 5.72. The number of nitrogens with zero attached hydrogens (tertiary/aromatic N) is 1. The van der Waals surface area contributed by atoms with Crippen LogP contribution in [0.3, 0.4) is 0 Å². The van der Waals surface area contributed by atoms with Crippen molar-refractivity contribution in [2.24, 2.45) is 11.8 Å². The van der Waals surface area contributed by atoms with E-state index in [0.717, 1.165) is 31.8 Å². The summed E-state index contributed by atoms with van der Waals surface area (Å²) in [6, 6.07) is 0. The van der Waals surface area contributed by atoms with Crippen LogP contribution >= 0.6 is 0 Å². The van der Waals surface area contributed by atoms with Gasteiger partial charge in [0.15, 0.2) is 0 Å². The van der Waals surface area contributed by atoms with Gasteiger partial charge in [0.2, 0.25) is 0 Å². The summed E-state index contributed by atoms with van der Waals surface area (Å²) >= 11 is 0. The van der Waals surface area contributed by atoms with Gasteiger partial charge in [-0.25, -0.2) is 0 Å². The number of piperidine rings is 1. The molecule has 0 N–H and O–H groups in total. The predicted molar refractivity (Wildman–Crippen MR) is 53.9 cm³/mol. The molecule has 1 aliphatic heterocycles. The maximum absolute atomic E-state index is 11.3. The van der Waals surface area contributed by atoms with Gasteiger partial charge in [0, 0.05) is 6.54 Å². The van der Waals surface area contributed by atoms with Crippen LogP contribution in [0.2, 0.25) is 0 Å². The van der Waals surface area contributed by atoms with Gasteiger partial charge in [0.05, 0.1) is 13.0 Å². The molecule has 0 aromatic heterocycles. The lowest BCUT2D eigenvalue weighted by Gasteiger charge is -2.30. The Morgan fingerprint density at radius 3 is 2.43 bits per heavy atom. The molecule has 0 aromatic carbocycles. The van der Waals surface area contributed by atoms with E-state index in [0.29, 0.717) is 0 Å². The Kier molecular flexibility index (Phi) is 3.06. The van der Waals surface area contributed by atoms with Crippen molar-refractivity contribution in [3.8, 4) is 0 Å². The number of likely N-dealkylation sites (tertiary alicyclic amines) is 1. The summed E-state index contributed by atoms with van der Waals surface area (Å²) in [5.74, 6) is 1.11. The van der Waals surface area contributed by atoms with E-state index in [1.54, 1.807) is 0 Å². The molecular weight excluding hydrogens is 178 g/mol. The van der Waals surface area contributed by atoms with Crippen LogP contribution in [0.15, 0.2) is 0 Å².